The highest BCUT2D eigenvalue weighted by Crippen LogP contribution is 2.40. The van der Waals surface area contributed by atoms with Crippen LogP contribution in [0.5, 0.6) is 5.75 Å². The van der Waals surface area contributed by atoms with Gasteiger partial charge in [-0.15, -0.1) is 0 Å². The van der Waals surface area contributed by atoms with E-state index in [4.69, 9.17) is 8.83 Å². The molecule has 6 rings (SSSR count). The molecular weight excluding hydrogens is 493 g/mol. The van der Waals surface area contributed by atoms with Crippen molar-refractivity contribution in [3.05, 3.63) is 91.0 Å². The van der Waals surface area contributed by atoms with E-state index in [-0.39, 0.29) is 11.0 Å². The van der Waals surface area contributed by atoms with E-state index < -0.39 is 21.4 Å². The summed E-state index contributed by atoms with van der Waals surface area (Å²) in [5.41, 5.74) is -1.60. The van der Waals surface area contributed by atoms with Crippen molar-refractivity contribution in [3.63, 3.8) is 0 Å². The van der Waals surface area contributed by atoms with Crippen molar-refractivity contribution in [3.8, 4) is 28.2 Å². The number of halogens is 3. The highest BCUT2D eigenvalue weighted by molar-refractivity contribution is 7.88. The minimum absolute atomic E-state index is 0.143. The van der Waals surface area contributed by atoms with Crippen LogP contribution >= 0.6 is 0 Å². The van der Waals surface area contributed by atoms with E-state index in [9.17, 15) is 21.6 Å². The molecule has 0 aliphatic heterocycles. The maximum Gasteiger partial charge on any atom is 0.534 e. The topological polar surface area (TPSA) is 69.7 Å². The molecule has 0 bridgehead atoms. The number of furan rings is 2. The summed E-state index contributed by atoms with van der Waals surface area (Å²) in [6.07, 6.45) is 0. The van der Waals surface area contributed by atoms with E-state index in [1.165, 1.54) is 12.1 Å². The maximum atomic E-state index is 12.9. The van der Waals surface area contributed by atoms with Crippen LogP contribution in [0.1, 0.15) is 0 Å². The molecule has 0 aliphatic rings. The molecule has 0 atom stereocenters. The summed E-state index contributed by atoms with van der Waals surface area (Å²) in [4.78, 5) is 0. The van der Waals surface area contributed by atoms with Gasteiger partial charge in [0, 0.05) is 16.3 Å². The second-order valence-electron chi connectivity index (χ2n) is 8.15. The van der Waals surface area contributed by atoms with Crippen molar-refractivity contribution >= 4 is 43.0 Å². The molecule has 0 saturated carbocycles. The van der Waals surface area contributed by atoms with Crippen LogP contribution in [0.2, 0.25) is 0 Å². The van der Waals surface area contributed by atoms with Crippen LogP contribution in [0.3, 0.4) is 0 Å². The van der Waals surface area contributed by atoms with E-state index in [2.05, 4.69) is 4.18 Å². The molecule has 0 amide bonds. The van der Waals surface area contributed by atoms with Crippen LogP contribution in [0, 0.1) is 0 Å². The Labute approximate surface area is 202 Å². The number of hydrogen-bond acceptors (Lipinski definition) is 5. The van der Waals surface area contributed by atoms with Crippen LogP contribution in [-0.2, 0) is 10.1 Å². The fourth-order valence-corrected chi connectivity index (χ4v) is 4.65. The van der Waals surface area contributed by atoms with Crippen molar-refractivity contribution in [1.29, 1.82) is 0 Å². The molecule has 0 aliphatic carbocycles. The third-order valence-corrected chi connectivity index (χ3v) is 6.82. The van der Waals surface area contributed by atoms with Gasteiger partial charge in [-0.1, -0.05) is 48.5 Å². The monoisotopic (exact) mass is 508 g/mol. The van der Waals surface area contributed by atoms with Gasteiger partial charge in [0.25, 0.3) is 0 Å². The Morgan fingerprint density at radius 1 is 0.667 bits per heavy atom. The molecule has 6 aromatic rings. The summed E-state index contributed by atoms with van der Waals surface area (Å²) in [5, 5.41) is 1.48. The number of alkyl halides is 3. The molecule has 0 saturated heterocycles. The summed E-state index contributed by atoms with van der Waals surface area (Å²) in [5.74, 6) is 0.293. The van der Waals surface area contributed by atoms with Gasteiger partial charge in [-0.3, -0.25) is 0 Å². The lowest BCUT2D eigenvalue weighted by atomic mass is 10.0. The van der Waals surface area contributed by atoms with Gasteiger partial charge in [0.1, 0.15) is 22.5 Å². The molecule has 2 heterocycles. The Hall–Kier alpha value is -4.24. The van der Waals surface area contributed by atoms with E-state index in [0.717, 1.165) is 39.5 Å². The molecular formula is C27H15F3O5S. The fraction of sp³-hybridized carbons (Fsp3) is 0.0370. The maximum absolute atomic E-state index is 12.9. The first-order chi connectivity index (χ1) is 17.2. The molecule has 2 aromatic heterocycles. The summed E-state index contributed by atoms with van der Waals surface area (Å²) < 4.78 is 78.0. The van der Waals surface area contributed by atoms with Crippen LogP contribution in [0.15, 0.2) is 99.8 Å². The van der Waals surface area contributed by atoms with Crippen molar-refractivity contribution in [1.82, 2.24) is 0 Å². The second-order valence-corrected chi connectivity index (χ2v) is 9.69. The van der Waals surface area contributed by atoms with Crippen LogP contribution in [0.25, 0.3) is 55.4 Å². The molecule has 0 unspecified atom stereocenters. The first kappa shape index (κ1) is 22.2. The van der Waals surface area contributed by atoms with Gasteiger partial charge < -0.3 is 13.0 Å². The minimum Gasteiger partial charge on any atom is -0.456 e. The van der Waals surface area contributed by atoms with Crippen LogP contribution in [-0.4, -0.2) is 13.9 Å². The Kier molecular flexibility index (Phi) is 4.87. The molecule has 0 N–H and O–H groups in total. The first-order valence-electron chi connectivity index (χ1n) is 10.7. The fourth-order valence-electron chi connectivity index (χ4n) is 4.18. The Balaban J connectivity index is 1.42. The normalized spacial score (nSPS) is 12.5. The first-order valence-corrected chi connectivity index (χ1v) is 12.2. The highest BCUT2D eigenvalue weighted by atomic mass is 32.2. The third-order valence-electron chi connectivity index (χ3n) is 5.85. The second kappa shape index (κ2) is 7.89. The molecule has 9 heteroatoms. The van der Waals surface area contributed by atoms with Crippen molar-refractivity contribution < 1.29 is 34.6 Å². The lowest BCUT2D eigenvalue weighted by molar-refractivity contribution is -0.0499. The molecule has 0 radical (unpaired) electrons. The van der Waals surface area contributed by atoms with Gasteiger partial charge in [0.2, 0.25) is 0 Å². The Morgan fingerprint density at radius 2 is 1.42 bits per heavy atom. The van der Waals surface area contributed by atoms with Crippen molar-refractivity contribution in [2.24, 2.45) is 0 Å². The van der Waals surface area contributed by atoms with E-state index in [0.29, 0.717) is 11.0 Å². The summed E-state index contributed by atoms with van der Waals surface area (Å²) in [7, 11) is -5.83. The largest absolute Gasteiger partial charge is 0.534 e. The molecule has 0 fully saturated rings. The van der Waals surface area contributed by atoms with Crippen molar-refractivity contribution in [2.75, 3.05) is 0 Å². The molecule has 36 heavy (non-hydrogen) atoms. The number of hydrogen-bond donors (Lipinski definition) is 0. The summed E-state index contributed by atoms with van der Waals surface area (Å²) >= 11 is 0. The lowest BCUT2D eigenvalue weighted by Crippen LogP contribution is -2.28. The van der Waals surface area contributed by atoms with Gasteiger partial charge in [-0.05, 0) is 53.6 Å². The smallest absolute Gasteiger partial charge is 0.456 e. The third kappa shape index (κ3) is 3.68. The average Bonchev–Trinajstić information content (AvgIpc) is 3.44. The van der Waals surface area contributed by atoms with Gasteiger partial charge >= 0.3 is 15.6 Å². The van der Waals surface area contributed by atoms with Crippen LogP contribution < -0.4 is 4.18 Å². The summed E-state index contributed by atoms with van der Waals surface area (Å²) in [6.45, 7) is 0. The minimum atomic E-state index is -5.83. The number of rotatable bonds is 4. The predicted molar refractivity (Wildman–Crippen MR) is 130 cm³/mol. The molecule has 5 nitrogen and oxygen atoms in total. The average molecular weight is 508 g/mol. The SMILES string of the molecule is O=S(=O)(Oc1cccc2oc3cc(-c4ccc5oc(-c6ccccc6)cc5c4)ccc3c12)C(F)(F)F. The van der Waals surface area contributed by atoms with Crippen molar-refractivity contribution in [2.45, 2.75) is 5.51 Å². The Bertz CT molecular complexity index is 1870. The zero-order chi connectivity index (χ0) is 25.1. The van der Waals surface area contributed by atoms with Crippen LogP contribution in [0.4, 0.5) is 13.2 Å². The lowest BCUT2D eigenvalue weighted by Gasteiger charge is -2.10. The van der Waals surface area contributed by atoms with Gasteiger partial charge in [0.05, 0.1) is 5.39 Å². The zero-order valence-electron chi connectivity index (χ0n) is 18.2. The summed E-state index contributed by atoms with van der Waals surface area (Å²) in [6, 6.07) is 26.7. The van der Waals surface area contributed by atoms with E-state index in [1.807, 2.05) is 54.6 Å². The highest BCUT2D eigenvalue weighted by Gasteiger charge is 2.48. The molecule has 4 aromatic carbocycles. The molecule has 0 spiro atoms. The van der Waals surface area contributed by atoms with Gasteiger partial charge in [-0.2, -0.15) is 21.6 Å². The molecule has 180 valence electrons. The number of benzene rings is 4. The standard InChI is InChI=1S/C27H15F3O5S/c28-27(29,30)36(31,32)35-23-8-4-7-22-26(23)20-11-9-18(14-25(20)34-22)17-10-12-21-19(13-17)15-24(33-21)16-5-2-1-3-6-16/h1-15H. The van der Waals surface area contributed by atoms with E-state index in [1.54, 1.807) is 18.2 Å². The quantitative estimate of drug-likeness (QED) is 0.179. The van der Waals surface area contributed by atoms with E-state index >= 15 is 0 Å². The predicted octanol–water partition coefficient (Wildman–Crippen LogP) is 7.89. The van der Waals surface area contributed by atoms with Gasteiger partial charge in [-0.25, -0.2) is 0 Å². The number of fused-ring (bicyclic) bond motifs is 4. The van der Waals surface area contributed by atoms with Gasteiger partial charge in [0.15, 0.2) is 5.75 Å². The zero-order valence-corrected chi connectivity index (χ0v) is 19.1. The Morgan fingerprint density at radius 3 is 2.19 bits per heavy atom.